The molecule has 0 unspecified atom stereocenters. The number of hydrogen-bond acceptors (Lipinski definition) is 2. The Kier molecular flexibility index (Phi) is 7.13. The van der Waals surface area contributed by atoms with Crippen LogP contribution in [0.2, 0.25) is 0 Å². The predicted octanol–water partition coefficient (Wildman–Crippen LogP) is 3.98. The monoisotopic (exact) mass is 404 g/mol. The molecule has 0 radical (unpaired) electrons. The molecule has 0 amide bonds. The van der Waals surface area contributed by atoms with Crippen molar-refractivity contribution in [2.24, 2.45) is 0 Å². The molecule has 0 aliphatic rings. The summed E-state index contributed by atoms with van der Waals surface area (Å²) in [5.41, 5.74) is 0.852. The minimum atomic E-state index is -1.17. The van der Waals surface area contributed by atoms with Gasteiger partial charge < -0.3 is 0 Å². The molecule has 6 heteroatoms. The number of pyridine rings is 1. The van der Waals surface area contributed by atoms with Crippen LogP contribution in [-0.4, -0.2) is 32.7 Å². The number of rotatable bonds is 4. The summed E-state index contributed by atoms with van der Waals surface area (Å²) in [4.78, 5) is 4.48. The number of hydrogen-bond donors (Lipinski definition) is 1. The van der Waals surface area contributed by atoms with Crippen LogP contribution in [0, 0.1) is 11.2 Å². The van der Waals surface area contributed by atoms with Crippen molar-refractivity contribution in [2.45, 2.75) is 38.0 Å². The molecule has 124 valence electrons. The van der Waals surface area contributed by atoms with E-state index in [1.165, 1.54) is 0 Å². The zero-order valence-corrected chi connectivity index (χ0v) is 17.3. The summed E-state index contributed by atoms with van der Waals surface area (Å²) in [7, 11) is -2.03. The molecule has 0 aliphatic carbocycles. The lowest BCUT2D eigenvalue weighted by atomic mass is 10.1. The number of aromatic nitrogens is 1. The highest BCUT2D eigenvalue weighted by Gasteiger charge is 2.24. The molecule has 1 rings (SSSR count). The van der Waals surface area contributed by atoms with Crippen molar-refractivity contribution in [2.75, 3.05) is 18.8 Å². The highest BCUT2D eigenvalue weighted by molar-refractivity contribution is 9.10. The topological polar surface area (TPSA) is 42.0 Å². The van der Waals surface area contributed by atoms with Gasteiger partial charge >= 0.3 is 0 Å². The van der Waals surface area contributed by atoms with Gasteiger partial charge in [0.15, 0.2) is 0 Å². The van der Waals surface area contributed by atoms with E-state index in [4.69, 9.17) is 0 Å². The zero-order chi connectivity index (χ0) is 17.0. The van der Waals surface area contributed by atoms with E-state index in [0.29, 0.717) is 6.42 Å². The van der Waals surface area contributed by atoms with Crippen molar-refractivity contribution in [3.63, 3.8) is 0 Å². The third-order valence-corrected chi connectivity index (χ3v) is 5.39. The van der Waals surface area contributed by atoms with Crippen molar-refractivity contribution in [1.82, 2.24) is 9.71 Å². The summed E-state index contributed by atoms with van der Waals surface area (Å²) in [5, 5.41) is 3.30. The second kappa shape index (κ2) is 7.96. The van der Waals surface area contributed by atoms with Gasteiger partial charge in [0.2, 0.25) is 0 Å². The van der Waals surface area contributed by atoms with E-state index in [-0.39, 0.29) is 10.8 Å². The first kappa shape index (κ1) is 19.7. The van der Waals surface area contributed by atoms with Gasteiger partial charge in [-0.1, -0.05) is 17.2 Å². The van der Waals surface area contributed by atoms with Gasteiger partial charge in [0.25, 0.3) is 0 Å². The largest absolute Gasteiger partial charge is 0.244 e. The third-order valence-electron chi connectivity index (χ3n) is 2.58. The van der Waals surface area contributed by atoms with Crippen molar-refractivity contribution in [3.8, 4) is 11.2 Å². The Morgan fingerprint density at radius 1 is 1.36 bits per heavy atom. The first-order valence-electron chi connectivity index (χ1n) is 6.97. The first-order valence-corrected chi connectivity index (χ1v) is 11.8. The van der Waals surface area contributed by atoms with Crippen LogP contribution in [0.3, 0.4) is 0 Å². The van der Waals surface area contributed by atoms with E-state index in [2.05, 4.69) is 55.6 Å². The summed E-state index contributed by atoms with van der Waals surface area (Å²) < 4.78 is 16.0. The summed E-state index contributed by atoms with van der Waals surface area (Å²) in [6, 6.07) is 5.61. The second-order valence-corrected chi connectivity index (χ2v) is 13.4. The summed E-state index contributed by atoms with van der Waals surface area (Å²) in [6.07, 6.45) is 7.07. The highest BCUT2D eigenvalue weighted by atomic mass is 79.9. The van der Waals surface area contributed by atoms with Crippen LogP contribution < -0.4 is 4.72 Å². The van der Waals surface area contributed by atoms with Crippen molar-refractivity contribution >= 4 is 36.9 Å². The number of nitrogens with zero attached hydrogens (tertiary/aromatic N) is 1. The molecular formula is C16H25BrN2OS2. The molecule has 0 saturated heterocycles. The normalized spacial score (nSPS) is 15.6. The Balaban J connectivity index is 3.00. The Labute approximate surface area is 147 Å². The first-order chi connectivity index (χ1) is 9.99. The van der Waals surface area contributed by atoms with E-state index in [9.17, 15) is 4.21 Å². The van der Waals surface area contributed by atoms with Crippen molar-refractivity contribution in [3.05, 3.63) is 28.5 Å². The van der Waals surface area contributed by atoms with Crippen LogP contribution in [0.4, 0.5) is 0 Å². The molecule has 22 heavy (non-hydrogen) atoms. The van der Waals surface area contributed by atoms with Gasteiger partial charge in [-0.3, -0.25) is 0 Å². The lowest BCUT2D eigenvalue weighted by Gasteiger charge is -2.23. The van der Waals surface area contributed by atoms with E-state index >= 15 is 0 Å². The maximum Gasteiger partial charge on any atom is 0.106 e. The summed E-state index contributed by atoms with van der Waals surface area (Å²) in [6.45, 7) is 5.85. The molecule has 2 atom stereocenters. The van der Waals surface area contributed by atoms with E-state index in [0.717, 1.165) is 10.3 Å². The molecule has 1 N–H and O–H groups in total. The fourth-order valence-corrected chi connectivity index (χ4v) is 3.18. The predicted molar refractivity (Wildman–Crippen MR) is 103 cm³/mol. The highest BCUT2D eigenvalue weighted by Crippen LogP contribution is 2.32. The molecule has 0 aromatic carbocycles. The lowest BCUT2D eigenvalue weighted by Crippen LogP contribution is -2.36. The van der Waals surface area contributed by atoms with Gasteiger partial charge in [-0.2, -0.15) is 10.0 Å². The van der Waals surface area contributed by atoms with Gasteiger partial charge in [-0.25, -0.2) is 13.9 Å². The molecule has 0 fully saturated rings. The molecule has 0 aliphatic heterocycles. The molecular weight excluding hydrogens is 380 g/mol. The van der Waals surface area contributed by atoms with E-state index in [1.807, 2.05) is 39.0 Å². The SMILES string of the molecule is CC(C)(C)[S@](=O)N[C@@H](CC#CS(C)(C)C)c1cccc(Br)n1. The van der Waals surface area contributed by atoms with Gasteiger partial charge in [-0.05, 0) is 67.6 Å². The molecule has 3 nitrogen and oxygen atoms in total. The zero-order valence-electron chi connectivity index (χ0n) is 14.1. The minimum Gasteiger partial charge on any atom is -0.244 e. The van der Waals surface area contributed by atoms with Crippen LogP contribution in [-0.2, 0) is 11.0 Å². The smallest absolute Gasteiger partial charge is 0.106 e. The van der Waals surface area contributed by atoms with Gasteiger partial charge in [-0.15, -0.1) is 0 Å². The van der Waals surface area contributed by atoms with Crippen LogP contribution >= 0.6 is 26.0 Å². The fourth-order valence-electron chi connectivity index (χ4n) is 1.49. The summed E-state index contributed by atoms with van der Waals surface area (Å²) in [5.74, 6) is 3.23. The standard InChI is InChI=1S/C16H25BrN2OS2/c1-16(2,3)21(20)19-14(10-8-12-22(4,5)6)13-9-7-11-15(17)18-13/h7,9,11,14,19H,10H2,1-6H3/t14-,21-/m0/s1. The molecule has 0 bridgehead atoms. The van der Waals surface area contributed by atoms with Crippen LogP contribution in [0.1, 0.15) is 38.9 Å². The average Bonchev–Trinajstić information content (AvgIpc) is 2.34. The average molecular weight is 405 g/mol. The summed E-state index contributed by atoms with van der Waals surface area (Å²) >= 11 is 3.39. The van der Waals surface area contributed by atoms with Crippen molar-refractivity contribution in [1.29, 1.82) is 0 Å². The van der Waals surface area contributed by atoms with E-state index in [1.54, 1.807) is 0 Å². The minimum absolute atomic E-state index is 0.146. The lowest BCUT2D eigenvalue weighted by molar-refractivity contribution is 0.597. The molecule has 1 aromatic heterocycles. The maximum absolute atomic E-state index is 12.4. The third kappa shape index (κ3) is 7.28. The number of halogens is 1. The van der Waals surface area contributed by atoms with Crippen LogP contribution in [0.5, 0.6) is 0 Å². The molecule has 1 heterocycles. The molecule has 0 spiro atoms. The molecule has 1 aromatic rings. The van der Waals surface area contributed by atoms with Gasteiger partial charge in [0.1, 0.15) is 4.60 Å². The van der Waals surface area contributed by atoms with Crippen molar-refractivity contribution < 1.29 is 4.21 Å². The Morgan fingerprint density at radius 3 is 2.50 bits per heavy atom. The van der Waals surface area contributed by atoms with Gasteiger partial charge in [0, 0.05) is 6.42 Å². The fraction of sp³-hybridized carbons (Fsp3) is 0.562. The number of nitrogens with one attached hydrogen (secondary N) is 1. The van der Waals surface area contributed by atoms with Crippen LogP contribution in [0.15, 0.2) is 22.8 Å². The van der Waals surface area contributed by atoms with E-state index < -0.39 is 21.0 Å². The van der Waals surface area contributed by atoms with Crippen LogP contribution in [0.25, 0.3) is 0 Å². The second-order valence-electron chi connectivity index (χ2n) is 6.76. The quantitative estimate of drug-likeness (QED) is 0.608. The van der Waals surface area contributed by atoms with Gasteiger partial charge in [0.05, 0.1) is 27.5 Å². The Hall–Kier alpha value is -0.350. The maximum atomic E-state index is 12.4. The molecule has 0 saturated carbocycles. The Morgan fingerprint density at radius 2 is 2.00 bits per heavy atom. The Bertz CT molecular complexity index is 595.